The third-order valence-electron chi connectivity index (χ3n) is 12.1. The molecule has 8 heteroatoms. The summed E-state index contributed by atoms with van der Waals surface area (Å²) in [6.45, 7) is 6.90. The highest BCUT2D eigenvalue weighted by Crippen LogP contribution is 2.31. The molecule has 0 bridgehead atoms. The Balaban J connectivity index is 0.867. The van der Waals surface area contributed by atoms with E-state index in [1.807, 2.05) is 0 Å². The van der Waals surface area contributed by atoms with E-state index in [9.17, 15) is 0 Å². The van der Waals surface area contributed by atoms with Gasteiger partial charge in [0.05, 0.1) is 65.9 Å². The average Bonchev–Trinajstić information content (AvgIpc) is 3.26. The molecule has 2 heterocycles. The van der Waals surface area contributed by atoms with E-state index in [-0.39, 0.29) is 0 Å². The van der Waals surface area contributed by atoms with Crippen LogP contribution in [0.15, 0.2) is 122 Å². The van der Waals surface area contributed by atoms with E-state index in [2.05, 4.69) is 243 Å². The molecule has 0 aliphatic heterocycles. The van der Waals surface area contributed by atoms with Crippen LogP contribution in [0.1, 0.15) is 48.2 Å². The number of quaternary nitrogens is 2. The molecule has 0 saturated carbocycles. The summed E-state index contributed by atoms with van der Waals surface area (Å²) in [6.07, 6.45) is 18.4. The van der Waals surface area contributed by atoms with Gasteiger partial charge >= 0.3 is 0 Å². The van der Waals surface area contributed by atoms with Gasteiger partial charge in [-0.2, -0.15) is 9.13 Å². The van der Waals surface area contributed by atoms with Gasteiger partial charge in [0.25, 0.3) is 0 Å². The molecule has 0 fully saturated rings. The average molecular weight is 869 g/mol. The highest BCUT2D eigenvalue weighted by molar-refractivity contribution is 8.76. The highest BCUT2D eigenvalue weighted by Gasteiger charge is 2.18. The van der Waals surface area contributed by atoms with E-state index < -0.39 is 0 Å². The Morgan fingerprint density at radius 3 is 1.23 bits per heavy atom. The fourth-order valence-corrected chi connectivity index (χ4v) is 10.8. The molecule has 4 aromatic carbocycles. The maximum Gasteiger partial charge on any atom is 0.205 e. The standard InChI is InChI=1S/C54H72N6S2/c1-55(2)53-33-29-45(49-23-9-11-25-51(49)53)27-31-47-21-13-15-35-57(47)37-17-19-39-59(5,6)41-43-61-62-44-42-60(7,8)40-20-18-38-58-36-16-14-22-48(58)32-28-46-30-34-54(56(3)4)52-26-12-10-24-50(46)52/h9-16,21-36H,17-20,37-44H2,1-8H3/q+4. The van der Waals surface area contributed by atoms with Gasteiger partial charge in [-0.15, -0.1) is 0 Å². The van der Waals surface area contributed by atoms with Crippen molar-refractivity contribution in [3.8, 4) is 0 Å². The molecule has 0 N–H and O–H groups in total. The van der Waals surface area contributed by atoms with Gasteiger partial charge in [0.2, 0.25) is 11.4 Å². The molecule has 0 spiro atoms. The Hall–Kier alpha value is -4.60. The Labute approximate surface area is 381 Å². The van der Waals surface area contributed by atoms with Crippen LogP contribution in [0.4, 0.5) is 11.4 Å². The van der Waals surface area contributed by atoms with Crippen molar-refractivity contribution in [3.05, 3.63) is 144 Å². The summed E-state index contributed by atoms with van der Waals surface area (Å²) in [5.74, 6) is 2.39. The molecule has 326 valence electrons. The number of aryl methyl sites for hydroxylation is 2. The van der Waals surface area contributed by atoms with Gasteiger partial charge in [0, 0.05) is 112 Å². The van der Waals surface area contributed by atoms with Crippen molar-refractivity contribution >= 4 is 78.8 Å². The smallest absolute Gasteiger partial charge is 0.205 e. The minimum Gasteiger partial charge on any atom is -0.377 e. The second-order valence-corrected chi connectivity index (χ2v) is 21.1. The summed E-state index contributed by atoms with van der Waals surface area (Å²) in [5.41, 5.74) is 7.51. The molecule has 0 radical (unpaired) electrons. The first-order valence-corrected chi connectivity index (χ1v) is 25.0. The lowest BCUT2D eigenvalue weighted by molar-refractivity contribution is -0.888. The minimum atomic E-state index is 1.04. The number of fused-ring (bicyclic) bond motifs is 2. The van der Waals surface area contributed by atoms with Crippen molar-refractivity contribution in [3.63, 3.8) is 0 Å². The van der Waals surface area contributed by atoms with Gasteiger partial charge in [-0.25, -0.2) is 0 Å². The molecule has 62 heavy (non-hydrogen) atoms. The summed E-state index contributed by atoms with van der Waals surface area (Å²) in [4.78, 5) is 4.38. The molecule has 0 saturated heterocycles. The van der Waals surface area contributed by atoms with E-state index in [0.717, 1.165) is 22.1 Å². The quantitative estimate of drug-likeness (QED) is 0.0276. The van der Waals surface area contributed by atoms with Crippen LogP contribution in [-0.4, -0.2) is 103 Å². The predicted octanol–water partition coefficient (Wildman–Crippen LogP) is 10.8. The van der Waals surface area contributed by atoms with E-state index >= 15 is 0 Å². The Morgan fingerprint density at radius 2 is 0.823 bits per heavy atom. The van der Waals surface area contributed by atoms with Crippen molar-refractivity contribution in [1.29, 1.82) is 0 Å². The second-order valence-electron chi connectivity index (χ2n) is 18.4. The van der Waals surface area contributed by atoms with Crippen molar-refractivity contribution in [2.45, 2.75) is 38.8 Å². The zero-order valence-electron chi connectivity index (χ0n) is 38.8. The predicted molar refractivity (Wildman–Crippen MR) is 275 cm³/mol. The van der Waals surface area contributed by atoms with E-state index in [1.54, 1.807) is 0 Å². The maximum absolute atomic E-state index is 2.41. The molecule has 6 aromatic rings. The summed E-state index contributed by atoms with van der Waals surface area (Å²) < 4.78 is 6.97. The summed E-state index contributed by atoms with van der Waals surface area (Å²) in [6, 6.07) is 39.5. The molecule has 0 aliphatic rings. The Bertz CT molecular complexity index is 2250. The number of anilines is 2. The van der Waals surface area contributed by atoms with Crippen LogP contribution in [0, 0.1) is 0 Å². The number of benzene rings is 4. The minimum absolute atomic E-state index is 1.04. The van der Waals surface area contributed by atoms with Crippen LogP contribution >= 0.6 is 21.6 Å². The molecule has 0 amide bonds. The molecule has 6 nitrogen and oxygen atoms in total. The van der Waals surface area contributed by atoms with Crippen molar-refractivity contribution in [2.75, 3.05) is 104 Å². The molecule has 6 rings (SSSR count). The van der Waals surface area contributed by atoms with Crippen LogP contribution in [0.5, 0.6) is 0 Å². The fraction of sp³-hybridized carbons (Fsp3) is 0.370. The van der Waals surface area contributed by atoms with Crippen LogP contribution in [0.3, 0.4) is 0 Å². The third-order valence-corrected chi connectivity index (χ3v) is 14.5. The lowest BCUT2D eigenvalue weighted by Crippen LogP contribution is -2.43. The van der Waals surface area contributed by atoms with Crippen LogP contribution in [0.2, 0.25) is 0 Å². The number of nitrogens with zero attached hydrogens (tertiary/aromatic N) is 6. The summed E-state index contributed by atoms with van der Waals surface area (Å²) in [7, 11) is 22.2. The first-order chi connectivity index (χ1) is 29.9. The fourth-order valence-electron chi connectivity index (χ4n) is 8.28. The maximum atomic E-state index is 2.41. The number of unbranched alkanes of at least 4 members (excludes halogenated alkanes) is 2. The van der Waals surface area contributed by atoms with Crippen molar-refractivity contribution in [1.82, 2.24) is 0 Å². The van der Waals surface area contributed by atoms with Gasteiger partial charge in [0.15, 0.2) is 12.4 Å². The topological polar surface area (TPSA) is 14.2 Å². The lowest BCUT2D eigenvalue weighted by Gasteiger charge is -2.30. The molecule has 0 atom stereocenters. The number of rotatable bonds is 23. The first kappa shape index (κ1) is 46.9. The Morgan fingerprint density at radius 1 is 0.435 bits per heavy atom. The molecule has 0 unspecified atom stereocenters. The zero-order chi connectivity index (χ0) is 44.0. The van der Waals surface area contributed by atoms with Crippen LogP contribution in [-0.2, 0) is 13.1 Å². The second kappa shape index (κ2) is 22.7. The summed E-state index contributed by atoms with van der Waals surface area (Å²) in [5, 5.41) is 5.16. The van der Waals surface area contributed by atoms with E-state index in [1.165, 1.54) is 119 Å². The SMILES string of the molecule is CN(C)c1ccc(/C=C/c2cccc[n+]2CCCC[N+](C)(C)CCSSCC[N+](C)(C)CCCC[n+]2ccccc2/C=C/c2ccc(N(C)C)c3ccccc23)c2ccccc12. The number of hydrogen-bond donors (Lipinski definition) is 0. The van der Waals surface area contributed by atoms with Gasteiger partial charge < -0.3 is 18.8 Å². The van der Waals surface area contributed by atoms with E-state index in [4.69, 9.17) is 0 Å². The van der Waals surface area contributed by atoms with E-state index in [0.29, 0.717) is 0 Å². The highest BCUT2D eigenvalue weighted by atomic mass is 33.1. The van der Waals surface area contributed by atoms with Gasteiger partial charge in [0.1, 0.15) is 13.1 Å². The third kappa shape index (κ3) is 13.5. The molecule has 0 aliphatic carbocycles. The van der Waals surface area contributed by atoms with Gasteiger partial charge in [-0.05, 0) is 58.3 Å². The first-order valence-electron chi connectivity index (χ1n) is 22.5. The zero-order valence-corrected chi connectivity index (χ0v) is 40.5. The molecular formula is C54H72N6S2+4. The normalized spacial score (nSPS) is 12.3. The monoisotopic (exact) mass is 869 g/mol. The van der Waals surface area contributed by atoms with Crippen LogP contribution in [0.25, 0.3) is 45.8 Å². The molecular weight excluding hydrogens is 797 g/mol. The van der Waals surface area contributed by atoms with Gasteiger partial charge in [-0.3, -0.25) is 0 Å². The van der Waals surface area contributed by atoms with Crippen LogP contribution < -0.4 is 18.9 Å². The van der Waals surface area contributed by atoms with Crippen molar-refractivity contribution < 1.29 is 18.1 Å². The number of pyridine rings is 2. The van der Waals surface area contributed by atoms with Crippen molar-refractivity contribution in [2.24, 2.45) is 0 Å². The number of hydrogen-bond acceptors (Lipinski definition) is 4. The summed E-state index contributed by atoms with van der Waals surface area (Å²) >= 11 is 0. The molecule has 2 aromatic heterocycles. The number of aromatic nitrogens is 2. The Kier molecular flexibility index (Phi) is 17.1. The lowest BCUT2D eigenvalue weighted by atomic mass is 10.0. The largest absolute Gasteiger partial charge is 0.377 e. The van der Waals surface area contributed by atoms with Gasteiger partial charge in [-0.1, -0.05) is 82.3 Å².